The average Bonchev–Trinajstić information content (AvgIpc) is 3.39. The Morgan fingerprint density at radius 1 is 0.925 bits per heavy atom. The minimum absolute atomic E-state index is 0.0342. The predicted molar refractivity (Wildman–Crippen MR) is 143 cm³/mol. The third-order valence-electron chi connectivity index (χ3n) is 5.97. The van der Waals surface area contributed by atoms with Gasteiger partial charge in [-0.05, 0) is 42.9 Å². The fourth-order valence-corrected chi connectivity index (χ4v) is 3.88. The fourth-order valence-electron chi connectivity index (χ4n) is 3.88. The van der Waals surface area contributed by atoms with Gasteiger partial charge in [0.1, 0.15) is 23.9 Å². The quantitative estimate of drug-likeness (QED) is 0.127. The van der Waals surface area contributed by atoms with Crippen molar-refractivity contribution in [1.29, 1.82) is 0 Å². The number of aliphatic carboxylic acids is 1. The van der Waals surface area contributed by atoms with Crippen LogP contribution < -0.4 is 27.4 Å². The highest BCUT2D eigenvalue weighted by atomic mass is 16.4. The van der Waals surface area contributed by atoms with E-state index in [2.05, 4.69) is 25.9 Å². The number of aromatic amines is 1. The highest BCUT2D eigenvalue weighted by Gasteiger charge is 2.31. The van der Waals surface area contributed by atoms with Crippen molar-refractivity contribution in [2.75, 3.05) is 0 Å². The Balaban J connectivity index is 2.13. The molecule has 1 aromatic heterocycles. The molecule has 0 saturated carbocycles. The first kappa shape index (κ1) is 31.8. The minimum Gasteiger partial charge on any atom is -0.508 e. The van der Waals surface area contributed by atoms with E-state index in [-0.39, 0.29) is 43.8 Å². The fraction of sp³-hybridized carbons (Fsp3) is 0.462. The number of aromatic nitrogens is 2. The van der Waals surface area contributed by atoms with Crippen molar-refractivity contribution < 1.29 is 34.2 Å². The van der Waals surface area contributed by atoms with Crippen molar-refractivity contribution in [2.45, 2.75) is 70.1 Å². The van der Waals surface area contributed by atoms with Crippen molar-refractivity contribution in [2.24, 2.45) is 17.4 Å². The van der Waals surface area contributed by atoms with Crippen LogP contribution in [-0.2, 0) is 36.8 Å². The van der Waals surface area contributed by atoms with E-state index >= 15 is 0 Å². The zero-order valence-corrected chi connectivity index (χ0v) is 22.4. The molecule has 2 rings (SSSR count). The lowest BCUT2D eigenvalue weighted by molar-refractivity contribution is -0.142. The molecule has 14 nitrogen and oxygen atoms in total. The van der Waals surface area contributed by atoms with Crippen molar-refractivity contribution in [3.63, 3.8) is 0 Å². The molecule has 4 atom stereocenters. The third kappa shape index (κ3) is 10.7. The first-order valence-electron chi connectivity index (χ1n) is 12.8. The van der Waals surface area contributed by atoms with Crippen LogP contribution in [0, 0.1) is 5.92 Å². The van der Waals surface area contributed by atoms with Crippen LogP contribution in [0.25, 0.3) is 0 Å². The first-order chi connectivity index (χ1) is 18.8. The van der Waals surface area contributed by atoms with Crippen LogP contribution in [0.1, 0.15) is 44.4 Å². The first-order valence-corrected chi connectivity index (χ1v) is 12.8. The Labute approximate surface area is 231 Å². The van der Waals surface area contributed by atoms with Crippen LogP contribution in [0.3, 0.4) is 0 Å². The number of phenols is 1. The van der Waals surface area contributed by atoms with E-state index in [1.807, 2.05) is 13.8 Å². The summed E-state index contributed by atoms with van der Waals surface area (Å²) >= 11 is 0. The van der Waals surface area contributed by atoms with E-state index < -0.39 is 53.8 Å². The molecule has 1 heterocycles. The smallest absolute Gasteiger partial charge is 0.326 e. The highest BCUT2D eigenvalue weighted by molar-refractivity contribution is 5.94. The molecule has 4 amide bonds. The largest absolute Gasteiger partial charge is 0.508 e. The number of nitrogens with zero attached hydrogens (tertiary/aromatic N) is 1. The van der Waals surface area contributed by atoms with Crippen LogP contribution in [-0.4, -0.2) is 73.9 Å². The van der Waals surface area contributed by atoms with Crippen LogP contribution in [0.15, 0.2) is 36.8 Å². The summed E-state index contributed by atoms with van der Waals surface area (Å²) in [5.41, 5.74) is 12.5. The molecule has 0 spiro atoms. The van der Waals surface area contributed by atoms with E-state index in [0.717, 1.165) is 0 Å². The van der Waals surface area contributed by atoms with E-state index in [9.17, 15) is 34.2 Å². The number of carbonyl (C=O) groups excluding carboxylic acids is 4. The number of aromatic hydroxyl groups is 1. The summed E-state index contributed by atoms with van der Waals surface area (Å²) in [4.78, 5) is 68.9. The van der Waals surface area contributed by atoms with Crippen LogP contribution in [0.4, 0.5) is 0 Å². The maximum absolute atomic E-state index is 13.2. The number of amides is 4. The van der Waals surface area contributed by atoms with Crippen LogP contribution >= 0.6 is 0 Å². The van der Waals surface area contributed by atoms with Crippen molar-refractivity contribution >= 4 is 29.6 Å². The second kappa shape index (κ2) is 15.2. The number of nitrogens with two attached hydrogens (primary N) is 2. The van der Waals surface area contributed by atoms with E-state index in [1.165, 1.54) is 24.7 Å². The van der Waals surface area contributed by atoms with E-state index in [0.29, 0.717) is 11.3 Å². The Bertz CT molecular complexity index is 1150. The summed E-state index contributed by atoms with van der Waals surface area (Å²) in [6.07, 6.45) is 2.61. The lowest BCUT2D eigenvalue weighted by Crippen LogP contribution is -2.57. The summed E-state index contributed by atoms with van der Waals surface area (Å²) in [5.74, 6) is -4.13. The van der Waals surface area contributed by atoms with Crippen molar-refractivity contribution in [3.05, 3.63) is 48.0 Å². The van der Waals surface area contributed by atoms with Gasteiger partial charge in [-0.25, -0.2) is 9.78 Å². The van der Waals surface area contributed by atoms with E-state index in [4.69, 9.17) is 11.5 Å². The van der Waals surface area contributed by atoms with Gasteiger partial charge in [-0.2, -0.15) is 0 Å². The highest BCUT2D eigenvalue weighted by Crippen LogP contribution is 2.12. The Morgan fingerprint density at radius 3 is 2.08 bits per heavy atom. The molecule has 218 valence electrons. The number of nitrogens with one attached hydrogen (secondary N) is 4. The molecule has 0 aliphatic rings. The number of hydrogen-bond acceptors (Lipinski definition) is 8. The van der Waals surface area contributed by atoms with Gasteiger partial charge in [0.15, 0.2) is 0 Å². The number of carboxylic acids is 1. The molecule has 4 unspecified atom stereocenters. The van der Waals surface area contributed by atoms with Gasteiger partial charge in [0.05, 0.1) is 12.4 Å². The van der Waals surface area contributed by atoms with E-state index in [1.54, 1.807) is 12.1 Å². The second-order valence-corrected chi connectivity index (χ2v) is 9.91. The number of phenolic OH excluding ortho intramolecular Hbond substituents is 1. The maximum atomic E-state index is 13.2. The summed E-state index contributed by atoms with van der Waals surface area (Å²) in [7, 11) is 0. The second-order valence-electron chi connectivity index (χ2n) is 9.91. The average molecular weight is 560 g/mol. The molecular formula is C26H37N7O7. The number of carboxylic acid groups (broad SMARTS) is 1. The zero-order chi connectivity index (χ0) is 29.8. The van der Waals surface area contributed by atoms with Gasteiger partial charge in [0, 0.05) is 24.7 Å². The molecular weight excluding hydrogens is 522 g/mol. The number of primary amides is 1. The molecule has 14 heteroatoms. The molecule has 40 heavy (non-hydrogen) atoms. The van der Waals surface area contributed by atoms with Gasteiger partial charge >= 0.3 is 5.97 Å². The standard InChI is InChI=1S/C26H37N7O7/c1-14(2)9-20(32-23(36)18(27)10-15-3-5-17(34)6-4-15)25(38)31-19(7-8-22(28)35)24(37)33-21(26(39)40)11-16-12-29-13-30-16/h3-6,12-14,18-21,34H,7-11,27H2,1-2H3,(H2,28,35)(H,29,30)(H,31,38)(H,32,36)(H,33,37)(H,39,40). The number of carbonyl (C=O) groups is 5. The van der Waals surface area contributed by atoms with Crippen molar-refractivity contribution in [1.82, 2.24) is 25.9 Å². The number of H-pyrrole nitrogens is 1. The molecule has 10 N–H and O–H groups in total. The molecule has 0 saturated heterocycles. The summed E-state index contributed by atoms with van der Waals surface area (Å²) in [5, 5.41) is 26.5. The number of hydrogen-bond donors (Lipinski definition) is 8. The van der Waals surface area contributed by atoms with Gasteiger partial charge in [-0.15, -0.1) is 0 Å². The van der Waals surface area contributed by atoms with Gasteiger partial charge in [-0.1, -0.05) is 26.0 Å². The Morgan fingerprint density at radius 2 is 1.52 bits per heavy atom. The molecule has 0 fully saturated rings. The van der Waals surface area contributed by atoms with Crippen LogP contribution in [0.5, 0.6) is 5.75 Å². The Hall–Kier alpha value is -4.46. The van der Waals surface area contributed by atoms with Gasteiger partial charge < -0.3 is 42.6 Å². The molecule has 1 aromatic carbocycles. The van der Waals surface area contributed by atoms with Gasteiger partial charge in [-0.3, -0.25) is 19.2 Å². The predicted octanol–water partition coefficient (Wildman–Crippen LogP) is -0.922. The lowest BCUT2D eigenvalue weighted by atomic mass is 10.0. The minimum atomic E-state index is -1.34. The molecule has 2 aromatic rings. The van der Waals surface area contributed by atoms with Crippen LogP contribution in [0.2, 0.25) is 0 Å². The molecule has 0 bridgehead atoms. The zero-order valence-electron chi connectivity index (χ0n) is 22.4. The summed E-state index contributed by atoms with van der Waals surface area (Å²) in [6, 6.07) is 1.47. The van der Waals surface area contributed by atoms with Crippen molar-refractivity contribution in [3.8, 4) is 5.75 Å². The molecule has 0 radical (unpaired) electrons. The third-order valence-corrected chi connectivity index (χ3v) is 5.97. The van der Waals surface area contributed by atoms with Gasteiger partial charge in [0.25, 0.3) is 0 Å². The topological polar surface area (TPSA) is 243 Å². The lowest BCUT2D eigenvalue weighted by Gasteiger charge is -2.26. The number of benzene rings is 1. The molecule has 0 aliphatic heterocycles. The normalized spacial score (nSPS) is 14.0. The monoisotopic (exact) mass is 559 g/mol. The summed E-state index contributed by atoms with van der Waals surface area (Å²) in [6.45, 7) is 3.68. The number of rotatable bonds is 16. The maximum Gasteiger partial charge on any atom is 0.326 e. The number of imidazole rings is 1. The Kier molecular flexibility index (Phi) is 12.1. The summed E-state index contributed by atoms with van der Waals surface area (Å²) < 4.78 is 0. The van der Waals surface area contributed by atoms with Gasteiger partial charge in [0.2, 0.25) is 23.6 Å². The molecule has 0 aliphatic carbocycles. The SMILES string of the molecule is CC(C)CC(NC(=O)C(N)Cc1ccc(O)cc1)C(=O)NC(CCC(N)=O)C(=O)NC(Cc1cnc[nH]1)C(=O)O.